The molecule has 2 N–H and O–H groups in total. The van der Waals surface area contributed by atoms with Crippen LogP contribution in [0, 0.1) is 5.92 Å². The molecule has 1 aromatic carbocycles. The van der Waals surface area contributed by atoms with Crippen LogP contribution in [0.5, 0.6) is 0 Å². The fourth-order valence-corrected chi connectivity index (χ4v) is 2.53. The van der Waals surface area contributed by atoms with Crippen molar-refractivity contribution in [1.82, 2.24) is 5.32 Å². The van der Waals surface area contributed by atoms with Crippen LogP contribution in [0.15, 0.2) is 24.3 Å². The molecule has 20 heavy (non-hydrogen) atoms. The molecule has 1 aliphatic heterocycles. The van der Waals surface area contributed by atoms with E-state index in [1.165, 1.54) is 0 Å². The summed E-state index contributed by atoms with van der Waals surface area (Å²) in [4.78, 5) is 24.9. The molecule has 5 nitrogen and oxygen atoms in total. The lowest BCUT2D eigenvalue weighted by molar-refractivity contribution is -0.141. The normalized spacial score (nSPS) is 18.9. The maximum atomic E-state index is 11.7. The predicted molar refractivity (Wildman–Crippen MR) is 77.3 cm³/mol. The summed E-state index contributed by atoms with van der Waals surface area (Å²) in [5, 5.41) is 11.9. The molecule has 1 saturated heterocycles. The SMILES string of the molecule is CNCC(=O)c1ccc(N2CCCC(C(=O)O)C2)cc1. The number of Topliss-reactive ketones (excluding diaryl/α,β-unsaturated/α-hetero) is 1. The molecule has 1 heterocycles. The van der Waals surface area contributed by atoms with Crippen LogP contribution >= 0.6 is 0 Å². The largest absolute Gasteiger partial charge is 0.481 e. The van der Waals surface area contributed by atoms with E-state index in [2.05, 4.69) is 10.2 Å². The van der Waals surface area contributed by atoms with Gasteiger partial charge in [-0.05, 0) is 44.2 Å². The first-order chi connectivity index (χ1) is 9.61. The second-order valence-electron chi connectivity index (χ2n) is 5.12. The lowest BCUT2D eigenvalue weighted by Gasteiger charge is -2.32. The van der Waals surface area contributed by atoms with Crippen molar-refractivity contribution in [3.8, 4) is 0 Å². The topological polar surface area (TPSA) is 69.6 Å². The Balaban J connectivity index is 2.06. The summed E-state index contributed by atoms with van der Waals surface area (Å²) < 4.78 is 0. The lowest BCUT2D eigenvalue weighted by atomic mass is 9.97. The third kappa shape index (κ3) is 3.36. The fraction of sp³-hybridized carbons (Fsp3) is 0.467. The number of hydrogen-bond donors (Lipinski definition) is 2. The molecule has 0 aliphatic carbocycles. The van der Waals surface area contributed by atoms with E-state index in [4.69, 9.17) is 5.11 Å². The number of anilines is 1. The average molecular weight is 276 g/mol. The monoisotopic (exact) mass is 276 g/mol. The van der Waals surface area contributed by atoms with Crippen LogP contribution in [0.25, 0.3) is 0 Å². The summed E-state index contributed by atoms with van der Waals surface area (Å²) >= 11 is 0. The van der Waals surface area contributed by atoms with Crippen molar-refractivity contribution in [3.05, 3.63) is 29.8 Å². The van der Waals surface area contributed by atoms with Crippen LogP contribution in [0.2, 0.25) is 0 Å². The number of rotatable bonds is 5. The minimum Gasteiger partial charge on any atom is -0.481 e. The highest BCUT2D eigenvalue weighted by atomic mass is 16.4. The fourth-order valence-electron chi connectivity index (χ4n) is 2.53. The number of piperidine rings is 1. The van der Waals surface area contributed by atoms with Crippen LogP contribution in [-0.2, 0) is 4.79 Å². The van der Waals surface area contributed by atoms with Gasteiger partial charge >= 0.3 is 5.97 Å². The number of aliphatic carboxylic acids is 1. The Morgan fingerprint density at radius 2 is 2.05 bits per heavy atom. The Morgan fingerprint density at radius 1 is 1.35 bits per heavy atom. The zero-order chi connectivity index (χ0) is 14.5. The molecule has 108 valence electrons. The molecular formula is C15H20N2O3. The maximum Gasteiger partial charge on any atom is 0.308 e. The number of nitrogens with zero attached hydrogens (tertiary/aromatic N) is 1. The third-order valence-corrected chi connectivity index (χ3v) is 3.66. The van der Waals surface area contributed by atoms with Gasteiger partial charge in [-0.25, -0.2) is 0 Å². The zero-order valence-electron chi connectivity index (χ0n) is 11.6. The van der Waals surface area contributed by atoms with Gasteiger partial charge in [-0.2, -0.15) is 0 Å². The Morgan fingerprint density at radius 3 is 2.65 bits per heavy atom. The molecule has 1 aliphatic rings. The molecule has 1 aromatic rings. The molecule has 1 fully saturated rings. The molecular weight excluding hydrogens is 256 g/mol. The van der Waals surface area contributed by atoms with Crippen molar-refractivity contribution in [2.24, 2.45) is 5.92 Å². The number of carboxylic acid groups (broad SMARTS) is 1. The van der Waals surface area contributed by atoms with E-state index < -0.39 is 5.97 Å². The van der Waals surface area contributed by atoms with Crippen LogP contribution < -0.4 is 10.2 Å². The standard InChI is InChI=1S/C15H20N2O3/c1-16-9-14(18)11-4-6-13(7-5-11)17-8-2-3-12(10-17)15(19)20/h4-7,12,16H,2-3,8-10H2,1H3,(H,19,20). The molecule has 1 atom stereocenters. The number of carbonyl (C=O) groups is 2. The number of carboxylic acids is 1. The minimum absolute atomic E-state index is 0.0566. The molecule has 0 bridgehead atoms. The van der Waals surface area contributed by atoms with E-state index >= 15 is 0 Å². The van der Waals surface area contributed by atoms with Crippen molar-refractivity contribution in [1.29, 1.82) is 0 Å². The summed E-state index contributed by atoms with van der Waals surface area (Å²) in [5.41, 5.74) is 1.66. The highest BCUT2D eigenvalue weighted by Crippen LogP contribution is 2.23. The van der Waals surface area contributed by atoms with Crippen LogP contribution in [-0.4, -0.2) is 43.5 Å². The first-order valence-electron chi connectivity index (χ1n) is 6.87. The van der Waals surface area contributed by atoms with Gasteiger partial charge in [0.1, 0.15) is 0 Å². The van der Waals surface area contributed by atoms with E-state index in [-0.39, 0.29) is 11.7 Å². The Labute approximate surface area is 118 Å². The molecule has 1 unspecified atom stereocenters. The van der Waals surface area contributed by atoms with E-state index in [0.717, 1.165) is 25.1 Å². The summed E-state index contributed by atoms with van der Waals surface area (Å²) in [5.74, 6) is -0.967. The first kappa shape index (κ1) is 14.5. The number of ketones is 1. The van der Waals surface area contributed by atoms with Gasteiger partial charge in [-0.3, -0.25) is 9.59 Å². The molecule has 0 amide bonds. The number of nitrogens with one attached hydrogen (secondary N) is 1. The summed E-state index contributed by atoms with van der Waals surface area (Å²) in [6.45, 7) is 1.73. The Hall–Kier alpha value is -1.88. The maximum absolute atomic E-state index is 11.7. The first-order valence-corrected chi connectivity index (χ1v) is 6.87. The van der Waals surface area contributed by atoms with Crippen molar-refractivity contribution in [3.63, 3.8) is 0 Å². The second-order valence-corrected chi connectivity index (χ2v) is 5.12. The van der Waals surface area contributed by atoms with Crippen LogP contribution in [0.3, 0.4) is 0 Å². The number of benzene rings is 1. The van der Waals surface area contributed by atoms with Gasteiger partial charge < -0.3 is 15.3 Å². The second kappa shape index (κ2) is 6.52. The number of likely N-dealkylation sites (N-methyl/N-ethyl adjacent to an activating group) is 1. The minimum atomic E-state index is -0.726. The van der Waals surface area contributed by atoms with Gasteiger partial charge in [0.2, 0.25) is 0 Å². The molecule has 0 aromatic heterocycles. The van der Waals surface area contributed by atoms with E-state index in [0.29, 0.717) is 18.7 Å². The summed E-state index contributed by atoms with van der Waals surface area (Å²) in [6, 6.07) is 7.40. The third-order valence-electron chi connectivity index (χ3n) is 3.66. The average Bonchev–Trinajstić information content (AvgIpc) is 2.48. The molecule has 5 heteroatoms. The zero-order valence-corrected chi connectivity index (χ0v) is 11.6. The van der Waals surface area contributed by atoms with E-state index in [1.807, 2.05) is 12.1 Å². The van der Waals surface area contributed by atoms with Crippen LogP contribution in [0.4, 0.5) is 5.69 Å². The summed E-state index contributed by atoms with van der Waals surface area (Å²) in [7, 11) is 1.74. The van der Waals surface area contributed by atoms with E-state index in [9.17, 15) is 9.59 Å². The van der Waals surface area contributed by atoms with Crippen molar-refractivity contribution in [2.75, 3.05) is 31.6 Å². The van der Waals surface area contributed by atoms with Crippen molar-refractivity contribution < 1.29 is 14.7 Å². The van der Waals surface area contributed by atoms with Crippen molar-refractivity contribution in [2.45, 2.75) is 12.8 Å². The highest BCUT2D eigenvalue weighted by molar-refractivity contribution is 5.97. The van der Waals surface area contributed by atoms with Crippen molar-refractivity contribution >= 4 is 17.4 Å². The number of carbonyl (C=O) groups excluding carboxylic acids is 1. The molecule has 2 rings (SSSR count). The molecule has 0 saturated carbocycles. The highest BCUT2D eigenvalue weighted by Gasteiger charge is 2.25. The van der Waals surface area contributed by atoms with Gasteiger partial charge in [0.25, 0.3) is 0 Å². The molecule has 0 spiro atoms. The predicted octanol–water partition coefficient (Wildman–Crippen LogP) is 1.39. The quantitative estimate of drug-likeness (QED) is 0.795. The Kier molecular flexibility index (Phi) is 4.74. The van der Waals surface area contributed by atoms with Gasteiger partial charge in [0.05, 0.1) is 12.5 Å². The Bertz CT molecular complexity index is 484. The molecule has 0 radical (unpaired) electrons. The van der Waals surface area contributed by atoms with Gasteiger partial charge in [-0.1, -0.05) is 0 Å². The lowest BCUT2D eigenvalue weighted by Crippen LogP contribution is -2.38. The van der Waals surface area contributed by atoms with Gasteiger partial charge in [0, 0.05) is 24.3 Å². The summed E-state index contributed by atoms with van der Waals surface area (Å²) in [6.07, 6.45) is 1.63. The van der Waals surface area contributed by atoms with E-state index in [1.54, 1.807) is 19.2 Å². The number of hydrogen-bond acceptors (Lipinski definition) is 4. The van der Waals surface area contributed by atoms with Gasteiger partial charge in [0.15, 0.2) is 5.78 Å². The smallest absolute Gasteiger partial charge is 0.308 e. The van der Waals surface area contributed by atoms with Gasteiger partial charge in [-0.15, -0.1) is 0 Å². The van der Waals surface area contributed by atoms with Crippen LogP contribution in [0.1, 0.15) is 23.2 Å².